The molecule has 126 valence electrons. The monoisotopic (exact) mass is 326 g/mol. The van der Waals surface area contributed by atoms with E-state index in [-0.39, 0.29) is 17.9 Å². The molecule has 1 aliphatic heterocycles. The minimum Gasteiger partial charge on any atom is -0.472 e. The quantitative estimate of drug-likeness (QED) is 0.918. The smallest absolute Gasteiger partial charge is 0.255 e. The van der Waals surface area contributed by atoms with Crippen LogP contribution in [0.3, 0.4) is 0 Å². The van der Waals surface area contributed by atoms with Gasteiger partial charge in [0.05, 0.1) is 17.9 Å². The third-order valence-electron chi connectivity index (χ3n) is 4.36. The largest absolute Gasteiger partial charge is 0.472 e. The summed E-state index contributed by atoms with van der Waals surface area (Å²) in [6.07, 6.45) is 6.55. The van der Waals surface area contributed by atoms with Crippen LogP contribution in [0.25, 0.3) is 0 Å². The molecule has 2 heterocycles. The molecule has 2 amide bonds. The van der Waals surface area contributed by atoms with Crippen molar-refractivity contribution in [2.45, 2.75) is 31.7 Å². The molecule has 2 aromatic rings. The first kappa shape index (κ1) is 16.3. The van der Waals surface area contributed by atoms with E-state index in [0.717, 1.165) is 31.4 Å². The number of carbonyl (C=O) groups is 2. The predicted molar refractivity (Wildman–Crippen MR) is 90.4 cm³/mol. The van der Waals surface area contributed by atoms with E-state index in [9.17, 15) is 9.59 Å². The van der Waals surface area contributed by atoms with Gasteiger partial charge in [-0.15, -0.1) is 0 Å². The van der Waals surface area contributed by atoms with Gasteiger partial charge in [0.25, 0.3) is 5.91 Å². The number of furan rings is 1. The molecular weight excluding hydrogens is 304 g/mol. The molecule has 0 saturated carbocycles. The topological polar surface area (TPSA) is 62.6 Å². The number of hydrogen-bond acceptors (Lipinski definition) is 3. The standard InChI is InChI=1S/C19H22N2O3/c22-18-9-5-2-6-11-21(18)13-17(15-7-3-1-4-8-15)20-19(23)16-10-12-24-14-16/h1,3-4,7-8,10,12,14,17H,2,5-6,9,11,13H2,(H,20,23)/t17-/m0/s1. The van der Waals surface area contributed by atoms with Crippen LogP contribution in [0.1, 0.15) is 47.6 Å². The van der Waals surface area contributed by atoms with Crippen molar-refractivity contribution < 1.29 is 14.0 Å². The second-order valence-corrected chi connectivity index (χ2v) is 6.10. The lowest BCUT2D eigenvalue weighted by atomic mass is 10.1. The van der Waals surface area contributed by atoms with Crippen molar-refractivity contribution in [1.29, 1.82) is 0 Å². The summed E-state index contributed by atoms with van der Waals surface area (Å²) in [6, 6.07) is 11.2. The summed E-state index contributed by atoms with van der Waals surface area (Å²) in [4.78, 5) is 26.6. The van der Waals surface area contributed by atoms with Gasteiger partial charge in [-0.1, -0.05) is 36.8 Å². The number of nitrogens with one attached hydrogen (secondary N) is 1. The van der Waals surface area contributed by atoms with Crippen LogP contribution in [0.2, 0.25) is 0 Å². The summed E-state index contributed by atoms with van der Waals surface area (Å²) in [5.74, 6) is -0.0223. The first-order chi connectivity index (χ1) is 11.7. The lowest BCUT2D eigenvalue weighted by Gasteiger charge is -2.27. The van der Waals surface area contributed by atoms with Crippen LogP contribution in [0.5, 0.6) is 0 Å². The summed E-state index contributed by atoms with van der Waals surface area (Å²) in [5.41, 5.74) is 1.48. The Kier molecular flexibility index (Phi) is 5.31. The van der Waals surface area contributed by atoms with E-state index in [1.807, 2.05) is 35.2 Å². The van der Waals surface area contributed by atoms with E-state index in [1.54, 1.807) is 6.07 Å². The van der Waals surface area contributed by atoms with Crippen molar-refractivity contribution in [3.63, 3.8) is 0 Å². The third kappa shape index (κ3) is 4.04. The molecule has 1 fully saturated rings. The van der Waals surface area contributed by atoms with Crippen LogP contribution in [0, 0.1) is 0 Å². The van der Waals surface area contributed by atoms with E-state index in [4.69, 9.17) is 4.42 Å². The highest BCUT2D eigenvalue weighted by Crippen LogP contribution is 2.19. The summed E-state index contributed by atoms with van der Waals surface area (Å²) >= 11 is 0. The molecule has 5 heteroatoms. The van der Waals surface area contributed by atoms with Crippen molar-refractivity contribution in [3.8, 4) is 0 Å². The molecule has 1 saturated heterocycles. The van der Waals surface area contributed by atoms with Crippen molar-refractivity contribution in [2.24, 2.45) is 0 Å². The minimum atomic E-state index is -0.240. The molecule has 1 N–H and O–H groups in total. The zero-order valence-corrected chi connectivity index (χ0v) is 13.6. The molecule has 0 unspecified atom stereocenters. The van der Waals surface area contributed by atoms with Crippen molar-refractivity contribution in [1.82, 2.24) is 10.2 Å². The number of nitrogens with zero attached hydrogens (tertiary/aromatic N) is 1. The first-order valence-corrected chi connectivity index (χ1v) is 8.40. The fourth-order valence-electron chi connectivity index (χ4n) is 3.01. The predicted octanol–water partition coefficient (Wildman–Crippen LogP) is 3.15. The molecule has 0 spiro atoms. The minimum absolute atomic E-state index is 0.172. The summed E-state index contributed by atoms with van der Waals surface area (Å²) in [6.45, 7) is 1.25. The average Bonchev–Trinajstić information content (AvgIpc) is 3.07. The maximum Gasteiger partial charge on any atom is 0.255 e. The van der Waals surface area contributed by atoms with E-state index >= 15 is 0 Å². The Morgan fingerprint density at radius 2 is 2.00 bits per heavy atom. The normalized spacial score (nSPS) is 16.5. The second-order valence-electron chi connectivity index (χ2n) is 6.10. The van der Waals surface area contributed by atoms with Crippen LogP contribution in [-0.2, 0) is 4.79 Å². The molecule has 1 atom stereocenters. The molecule has 24 heavy (non-hydrogen) atoms. The number of likely N-dealkylation sites (tertiary alicyclic amines) is 1. The summed E-state index contributed by atoms with van der Waals surface area (Å²) in [5, 5.41) is 3.03. The Hall–Kier alpha value is -2.56. The number of carbonyl (C=O) groups excluding carboxylic acids is 2. The van der Waals surface area contributed by atoms with Gasteiger partial charge < -0.3 is 14.6 Å². The van der Waals surface area contributed by atoms with Gasteiger partial charge in [-0.25, -0.2) is 0 Å². The zero-order valence-electron chi connectivity index (χ0n) is 13.6. The molecule has 1 aromatic heterocycles. The van der Waals surface area contributed by atoms with Gasteiger partial charge in [-0.05, 0) is 24.5 Å². The Labute approximate surface area is 141 Å². The maximum atomic E-state index is 12.4. The number of hydrogen-bond donors (Lipinski definition) is 1. The molecule has 5 nitrogen and oxygen atoms in total. The van der Waals surface area contributed by atoms with Crippen LogP contribution in [-0.4, -0.2) is 29.8 Å². The Morgan fingerprint density at radius 1 is 1.17 bits per heavy atom. The van der Waals surface area contributed by atoms with E-state index < -0.39 is 0 Å². The first-order valence-electron chi connectivity index (χ1n) is 8.40. The highest BCUT2D eigenvalue weighted by atomic mass is 16.3. The van der Waals surface area contributed by atoms with Gasteiger partial charge in [-0.3, -0.25) is 9.59 Å². The number of rotatable bonds is 5. The lowest BCUT2D eigenvalue weighted by molar-refractivity contribution is -0.131. The van der Waals surface area contributed by atoms with E-state index in [1.165, 1.54) is 12.5 Å². The molecule has 0 aliphatic carbocycles. The number of amides is 2. The Morgan fingerprint density at radius 3 is 2.75 bits per heavy atom. The average molecular weight is 326 g/mol. The molecule has 3 rings (SSSR count). The van der Waals surface area contributed by atoms with Gasteiger partial charge >= 0.3 is 0 Å². The number of benzene rings is 1. The molecule has 1 aliphatic rings. The highest BCUT2D eigenvalue weighted by Gasteiger charge is 2.23. The fourth-order valence-corrected chi connectivity index (χ4v) is 3.01. The van der Waals surface area contributed by atoms with Gasteiger partial charge in [0.15, 0.2) is 0 Å². The SMILES string of the molecule is O=C(N[C@@H](CN1CCCCCC1=O)c1ccccc1)c1ccoc1. The Bertz CT molecular complexity index is 667. The summed E-state index contributed by atoms with van der Waals surface area (Å²) in [7, 11) is 0. The molecule has 0 radical (unpaired) electrons. The van der Waals surface area contributed by atoms with Crippen LogP contribution in [0.4, 0.5) is 0 Å². The van der Waals surface area contributed by atoms with Crippen molar-refractivity contribution in [2.75, 3.05) is 13.1 Å². The van der Waals surface area contributed by atoms with Crippen molar-refractivity contribution >= 4 is 11.8 Å². The molecular formula is C19H22N2O3. The Balaban J connectivity index is 1.77. The fraction of sp³-hybridized carbons (Fsp3) is 0.368. The summed E-state index contributed by atoms with van der Waals surface area (Å²) < 4.78 is 4.98. The van der Waals surface area contributed by atoms with Gasteiger partial charge in [0.1, 0.15) is 6.26 Å². The maximum absolute atomic E-state index is 12.4. The highest BCUT2D eigenvalue weighted by molar-refractivity contribution is 5.94. The molecule has 0 bridgehead atoms. The molecule has 1 aromatic carbocycles. The third-order valence-corrected chi connectivity index (χ3v) is 4.36. The lowest BCUT2D eigenvalue weighted by Crippen LogP contribution is -2.40. The zero-order chi connectivity index (χ0) is 16.8. The second kappa shape index (κ2) is 7.81. The van der Waals surface area contributed by atoms with Crippen LogP contribution >= 0.6 is 0 Å². The van der Waals surface area contributed by atoms with Crippen LogP contribution < -0.4 is 5.32 Å². The van der Waals surface area contributed by atoms with Gasteiger partial charge in [-0.2, -0.15) is 0 Å². The van der Waals surface area contributed by atoms with Crippen LogP contribution in [0.15, 0.2) is 53.3 Å². The van der Waals surface area contributed by atoms with Crippen molar-refractivity contribution in [3.05, 3.63) is 60.1 Å². The van der Waals surface area contributed by atoms with Gasteiger partial charge in [0.2, 0.25) is 5.91 Å². The van der Waals surface area contributed by atoms with E-state index in [0.29, 0.717) is 18.5 Å². The van der Waals surface area contributed by atoms with E-state index in [2.05, 4.69) is 5.32 Å². The van der Waals surface area contributed by atoms with Gasteiger partial charge in [0, 0.05) is 19.5 Å².